The Morgan fingerprint density at radius 1 is 1.29 bits per heavy atom. The maximum Gasteiger partial charge on any atom is 0.327 e. The van der Waals surface area contributed by atoms with Crippen molar-refractivity contribution in [1.82, 2.24) is 14.5 Å². The van der Waals surface area contributed by atoms with Gasteiger partial charge in [0.15, 0.2) is 0 Å². The van der Waals surface area contributed by atoms with Crippen LogP contribution in [0.5, 0.6) is 0 Å². The second-order valence-corrected chi connectivity index (χ2v) is 4.10. The number of ether oxygens (including phenoxy) is 1. The summed E-state index contributed by atoms with van der Waals surface area (Å²) in [6.45, 7) is 6.07. The normalized spacial score (nSPS) is 10.9. The minimum absolute atomic E-state index is 0.0333. The average Bonchev–Trinajstić information content (AvgIpc) is 2.64. The number of imidazole rings is 1. The van der Waals surface area contributed by atoms with Crippen molar-refractivity contribution in [1.29, 1.82) is 0 Å². The molecule has 0 saturated heterocycles. The van der Waals surface area contributed by atoms with E-state index in [0.29, 0.717) is 6.54 Å². The molecule has 0 bridgehead atoms. The van der Waals surface area contributed by atoms with E-state index in [1.165, 1.54) is 6.42 Å². The van der Waals surface area contributed by atoms with Crippen LogP contribution in [-0.2, 0) is 18.3 Å². The standard InChI is InChI=1S/C12H23N3O2/c1-3-4-10-17-11-6-13-5-7-15-9-8-14(2)12(15)16/h8-9,13H,3-7,10-11H2,1-2H3. The predicted molar refractivity (Wildman–Crippen MR) is 68.3 cm³/mol. The molecular formula is C12H23N3O2. The second-order valence-electron chi connectivity index (χ2n) is 4.10. The summed E-state index contributed by atoms with van der Waals surface area (Å²) in [5, 5.41) is 3.25. The molecule has 0 amide bonds. The Kier molecular flexibility index (Phi) is 6.65. The zero-order valence-corrected chi connectivity index (χ0v) is 10.8. The Morgan fingerprint density at radius 3 is 2.76 bits per heavy atom. The molecule has 0 radical (unpaired) electrons. The SMILES string of the molecule is CCCCOCCNCCn1ccn(C)c1=O. The molecule has 0 fully saturated rings. The van der Waals surface area contributed by atoms with Gasteiger partial charge in [0.05, 0.1) is 6.61 Å². The fourth-order valence-corrected chi connectivity index (χ4v) is 1.50. The van der Waals surface area contributed by atoms with Crippen LogP contribution in [0.2, 0.25) is 0 Å². The van der Waals surface area contributed by atoms with E-state index in [-0.39, 0.29) is 5.69 Å². The van der Waals surface area contributed by atoms with Gasteiger partial charge >= 0.3 is 5.69 Å². The molecule has 5 heteroatoms. The molecule has 1 rings (SSSR count). The van der Waals surface area contributed by atoms with Crippen molar-refractivity contribution in [2.75, 3.05) is 26.3 Å². The van der Waals surface area contributed by atoms with Crippen LogP contribution in [0.4, 0.5) is 0 Å². The van der Waals surface area contributed by atoms with Gasteiger partial charge in [-0.05, 0) is 6.42 Å². The van der Waals surface area contributed by atoms with E-state index in [4.69, 9.17) is 4.74 Å². The van der Waals surface area contributed by atoms with Crippen molar-refractivity contribution >= 4 is 0 Å². The molecule has 1 heterocycles. The van der Waals surface area contributed by atoms with Gasteiger partial charge in [-0.1, -0.05) is 13.3 Å². The number of nitrogens with zero attached hydrogens (tertiary/aromatic N) is 2. The molecule has 0 saturated carbocycles. The van der Waals surface area contributed by atoms with E-state index in [0.717, 1.165) is 32.7 Å². The van der Waals surface area contributed by atoms with Crippen LogP contribution in [0.1, 0.15) is 19.8 Å². The lowest BCUT2D eigenvalue weighted by Crippen LogP contribution is -2.29. The first-order chi connectivity index (χ1) is 8.25. The fraction of sp³-hybridized carbons (Fsp3) is 0.750. The Hall–Kier alpha value is -1.07. The van der Waals surface area contributed by atoms with Crippen LogP contribution < -0.4 is 11.0 Å². The predicted octanol–water partition coefficient (Wildman–Crippen LogP) is 0.593. The molecule has 0 spiro atoms. The van der Waals surface area contributed by atoms with E-state index in [1.807, 2.05) is 6.20 Å². The largest absolute Gasteiger partial charge is 0.380 e. The first-order valence-electron chi connectivity index (χ1n) is 6.26. The quantitative estimate of drug-likeness (QED) is 0.644. The van der Waals surface area contributed by atoms with Crippen LogP contribution in [-0.4, -0.2) is 35.4 Å². The van der Waals surface area contributed by atoms with Crippen LogP contribution >= 0.6 is 0 Å². The van der Waals surface area contributed by atoms with E-state index >= 15 is 0 Å². The molecule has 1 aromatic heterocycles. The van der Waals surface area contributed by atoms with E-state index < -0.39 is 0 Å². The first kappa shape index (κ1) is 14.0. The molecule has 0 atom stereocenters. The third-order valence-corrected chi connectivity index (χ3v) is 2.61. The van der Waals surface area contributed by atoms with Crippen LogP contribution in [0.15, 0.2) is 17.2 Å². The molecule has 0 aromatic carbocycles. The van der Waals surface area contributed by atoms with Crippen molar-refractivity contribution in [2.45, 2.75) is 26.3 Å². The van der Waals surface area contributed by atoms with Crippen molar-refractivity contribution < 1.29 is 4.74 Å². The van der Waals surface area contributed by atoms with E-state index in [1.54, 1.807) is 22.4 Å². The Bertz CT molecular complexity index is 357. The maximum absolute atomic E-state index is 11.5. The van der Waals surface area contributed by atoms with Crippen molar-refractivity contribution in [3.8, 4) is 0 Å². The van der Waals surface area contributed by atoms with Gasteiger partial charge in [0.1, 0.15) is 0 Å². The molecule has 98 valence electrons. The highest BCUT2D eigenvalue weighted by molar-refractivity contribution is 4.79. The van der Waals surface area contributed by atoms with Gasteiger partial charge in [0, 0.05) is 45.7 Å². The number of hydrogen-bond acceptors (Lipinski definition) is 3. The lowest BCUT2D eigenvalue weighted by Gasteiger charge is -2.05. The molecule has 0 aliphatic rings. The smallest absolute Gasteiger partial charge is 0.327 e. The maximum atomic E-state index is 11.5. The van der Waals surface area contributed by atoms with Crippen LogP contribution in [0.3, 0.4) is 0 Å². The topological polar surface area (TPSA) is 48.2 Å². The van der Waals surface area contributed by atoms with Crippen molar-refractivity contribution in [3.63, 3.8) is 0 Å². The average molecular weight is 241 g/mol. The molecule has 1 aromatic rings. The second kappa shape index (κ2) is 8.08. The number of unbranched alkanes of at least 4 members (excludes halogenated alkanes) is 1. The van der Waals surface area contributed by atoms with Crippen LogP contribution in [0, 0.1) is 0 Å². The highest BCUT2D eigenvalue weighted by Crippen LogP contribution is 1.86. The molecule has 0 aliphatic carbocycles. The monoisotopic (exact) mass is 241 g/mol. The summed E-state index contributed by atoms with van der Waals surface area (Å²) in [5.41, 5.74) is 0.0333. The minimum atomic E-state index is 0.0333. The number of rotatable bonds is 9. The molecule has 0 unspecified atom stereocenters. The summed E-state index contributed by atoms with van der Waals surface area (Å²) in [7, 11) is 1.76. The lowest BCUT2D eigenvalue weighted by atomic mass is 10.4. The first-order valence-corrected chi connectivity index (χ1v) is 6.26. The van der Waals surface area contributed by atoms with Gasteiger partial charge in [0.2, 0.25) is 0 Å². The number of nitrogens with one attached hydrogen (secondary N) is 1. The summed E-state index contributed by atoms with van der Waals surface area (Å²) in [6.07, 6.45) is 5.88. The van der Waals surface area contributed by atoms with Gasteiger partial charge in [0.25, 0.3) is 0 Å². The number of aryl methyl sites for hydroxylation is 1. The molecule has 0 aliphatic heterocycles. The summed E-state index contributed by atoms with van der Waals surface area (Å²) in [6, 6.07) is 0. The third-order valence-electron chi connectivity index (χ3n) is 2.61. The van der Waals surface area contributed by atoms with Gasteiger partial charge in [-0.2, -0.15) is 0 Å². The molecule has 1 N–H and O–H groups in total. The highest BCUT2D eigenvalue weighted by Gasteiger charge is 1.98. The van der Waals surface area contributed by atoms with Gasteiger partial charge in [-0.15, -0.1) is 0 Å². The Labute approximate surface area is 102 Å². The van der Waals surface area contributed by atoms with Gasteiger partial charge in [-0.25, -0.2) is 4.79 Å². The molecular weight excluding hydrogens is 218 g/mol. The van der Waals surface area contributed by atoms with Gasteiger partial charge in [-0.3, -0.25) is 4.57 Å². The number of hydrogen-bond donors (Lipinski definition) is 1. The third kappa shape index (κ3) is 5.19. The number of aromatic nitrogens is 2. The van der Waals surface area contributed by atoms with E-state index in [2.05, 4.69) is 12.2 Å². The van der Waals surface area contributed by atoms with Crippen molar-refractivity contribution in [3.05, 3.63) is 22.9 Å². The summed E-state index contributed by atoms with van der Waals surface area (Å²) in [4.78, 5) is 11.5. The molecule has 17 heavy (non-hydrogen) atoms. The Morgan fingerprint density at radius 2 is 2.12 bits per heavy atom. The zero-order chi connectivity index (χ0) is 12.5. The van der Waals surface area contributed by atoms with E-state index in [9.17, 15) is 4.79 Å². The molecule has 5 nitrogen and oxygen atoms in total. The Balaban J connectivity index is 2.01. The fourth-order valence-electron chi connectivity index (χ4n) is 1.50. The highest BCUT2D eigenvalue weighted by atomic mass is 16.5. The van der Waals surface area contributed by atoms with Gasteiger partial charge < -0.3 is 14.6 Å². The lowest BCUT2D eigenvalue weighted by molar-refractivity contribution is 0.133. The van der Waals surface area contributed by atoms with Crippen molar-refractivity contribution in [2.24, 2.45) is 7.05 Å². The summed E-state index contributed by atoms with van der Waals surface area (Å²) >= 11 is 0. The summed E-state index contributed by atoms with van der Waals surface area (Å²) < 4.78 is 8.70. The summed E-state index contributed by atoms with van der Waals surface area (Å²) in [5.74, 6) is 0. The zero-order valence-electron chi connectivity index (χ0n) is 10.8. The minimum Gasteiger partial charge on any atom is -0.380 e. The van der Waals surface area contributed by atoms with Crippen LogP contribution in [0.25, 0.3) is 0 Å².